The van der Waals surface area contributed by atoms with Crippen molar-refractivity contribution in [2.24, 2.45) is 0 Å². The summed E-state index contributed by atoms with van der Waals surface area (Å²) < 4.78 is 24.9. The average Bonchev–Trinajstić information content (AvgIpc) is 2.49. The summed E-state index contributed by atoms with van der Waals surface area (Å²) in [5, 5.41) is 0. The number of hydrogen-bond acceptors (Lipinski definition) is 4. The molecule has 0 saturated carbocycles. The van der Waals surface area contributed by atoms with Gasteiger partial charge in [0.15, 0.2) is 0 Å². The van der Waals surface area contributed by atoms with Crippen molar-refractivity contribution in [1.29, 1.82) is 0 Å². The Labute approximate surface area is 133 Å². The van der Waals surface area contributed by atoms with Crippen LogP contribution in [0.3, 0.4) is 0 Å². The quantitative estimate of drug-likeness (QED) is 0.444. The monoisotopic (exact) mass is 333 g/mol. The van der Waals surface area contributed by atoms with Crippen LogP contribution in [-0.2, 0) is 19.6 Å². The summed E-state index contributed by atoms with van der Waals surface area (Å²) >= 11 is 0. The number of nitrogens with zero attached hydrogens (tertiary/aromatic N) is 3. The number of unbranched alkanes of at least 4 members (excludes halogenated alkanes) is 2. The molecule has 8 heteroatoms. The Kier molecular flexibility index (Phi) is 7.81. The molecular weight excluding hydrogens is 306 g/mol. The largest absolute Gasteiger partial charge is 0.342 e. The molecule has 0 aliphatic carbocycles. The second-order valence-electron chi connectivity index (χ2n) is 5.64. The van der Waals surface area contributed by atoms with Crippen molar-refractivity contribution in [3.05, 3.63) is 0 Å². The summed E-state index contributed by atoms with van der Waals surface area (Å²) in [6.07, 6.45) is 4.99. The van der Waals surface area contributed by atoms with Gasteiger partial charge in [0, 0.05) is 45.7 Å². The van der Waals surface area contributed by atoms with Crippen molar-refractivity contribution < 1.29 is 18.0 Å². The van der Waals surface area contributed by atoms with Crippen molar-refractivity contribution in [2.45, 2.75) is 32.6 Å². The molecular formula is C14H27N3O4S. The molecule has 0 aromatic carbocycles. The number of amides is 2. The van der Waals surface area contributed by atoms with Crippen molar-refractivity contribution in [3.63, 3.8) is 0 Å². The van der Waals surface area contributed by atoms with Crippen molar-refractivity contribution in [3.8, 4) is 0 Å². The second-order valence-corrected chi connectivity index (χ2v) is 7.62. The van der Waals surface area contributed by atoms with Crippen LogP contribution >= 0.6 is 0 Å². The Morgan fingerprint density at radius 2 is 1.77 bits per heavy atom. The molecule has 0 aromatic heterocycles. The highest BCUT2D eigenvalue weighted by molar-refractivity contribution is 7.88. The first kappa shape index (κ1) is 18.9. The molecule has 0 unspecified atom stereocenters. The van der Waals surface area contributed by atoms with Gasteiger partial charge in [0.2, 0.25) is 22.3 Å². The van der Waals surface area contributed by atoms with Crippen LogP contribution in [0.15, 0.2) is 0 Å². The summed E-state index contributed by atoms with van der Waals surface area (Å²) in [6.45, 7) is 4.89. The van der Waals surface area contributed by atoms with Gasteiger partial charge in [0.25, 0.3) is 0 Å². The van der Waals surface area contributed by atoms with E-state index in [1.807, 2.05) is 0 Å². The summed E-state index contributed by atoms with van der Waals surface area (Å²) in [5.74, 6) is -0.0466. The minimum atomic E-state index is -3.28. The SMILES string of the molecule is CCCCCN(CCC(=O)N1CCN(C=O)CC1)S(C)(=O)=O. The lowest BCUT2D eigenvalue weighted by Gasteiger charge is -2.33. The Morgan fingerprint density at radius 3 is 2.27 bits per heavy atom. The molecule has 22 heavy (non-hydrogen) atoms. The summed E-state index contributed by atoms with van der Waals surface area (Å²) in [5.41, 5.74) is 0. The van der Waals surface area contributed by atoms with Gasteiger partial charge in [0.1, 0.15) is 0 Å². The van der Waals surface area contributed by atoms with Gasteiger partial charge in [-0.2, -0.15) is 0 Å². The van der Waals surface area contributed by atoms with Gasteiger partial charge < -0.3 is 9.80 Å². The van der Waals surface area contributed by atoms with Crippen molar-refractivity contribution >= 4 is 22.3 Å². The molecule has 7 nitrogen and oxygen atoms in total. The predicted octanol–water partition coefficient (Wildman–Crippen LogP) is 0.129. The highest BCUT2D eigenvalue weighted by Crippen LogP contribution is 2.07. The Morgan fingerprint density at radius 1 is 1.14 bits per heavy atom. The maximum absolute atomic E-state index is 12.2. The molecule has 0 N–H and O–H groups in total. The zero-order chi connectivity index (χ0) is 16.6. The predicted molar refractivity (Wildman–Crippen MR) is 84.8 cm³/mol. The summed E-state index contributed by atoms with van der Waals surface area (Å²) in [4.78, 5) is 26.1. The first-order valence-corrected chi connectivity index (χ1v) is 9.65. The van der Waals surface area contributed by atoms with E-state index in [4.69, 9.17) is 0 Å². The highest BCUT2D eigenvalue weighted by atomic mass is 32.2. The molecule has 0 bridgehead atoms. The molecule has 2 amide bonds. The molecule has 128 valence electrons. The number of piperazine rings is 1. The van der Waals surface area contributed by atoms with Gasteiger partial charge in [0.05, 0.1) is 6.26 Å². The lowest BCUT2D eigenvalue weighted by molar-refractivity contribution is -0.135. The van der Waals surface area contributed by atoms with Crippen LogP contribution in [0, 0.1) is 0 Å². The number of carbonyl (C=O) groups is 2. The van der Waals surface area contributed by atoms with Crippen LogP contribution in [-0.4, -0.2) is 80.4 Å². The van der Waals surface area contributed by atoms with Gasteiger partial charge >= 0.3 is 0 Å². The third-order valence-electron chi connectivity index (χ3n) is 3.87. The minimum Gasteiger partial charge on any atom is -0.342 e. The minimum absolute atomic E-state index is 0.0466. The van der Waals surface area contributed by atoms with E-state index in [0.29, 0.717) is 32.7 Å². The van der Waals surface area contributed by atoms with E-state index in [1.54, 1.807) is 9.80 Å². The molecule has 0 spiro atoms. The maximum atomic E-state index is 12.2. The van der Waals surface area contributed by atoms with Crippen molar-refractivity contribution in [2.75, 3.05) is 45.5 Å². The van der Waals surface area contributed by atoms with E-state index in [-0.39, 0.29) is 18.9 Å². The van der Waals surface area contributed by atoms with E-state index in [9.17, 15) is 18.0 Å². The topological polar surface area (TPSA) is 78.0 Å². The van der Waals surface area contributed by atoms with Gasteiger partial charge in [-0.15, -0.1) is 0 Å². The first-order chi connectivity index (χ1) is 10.4. The van der Waals surface area contributed by atoms with Crippen LogP contribution in [0.1, 0.15) is 32.6 Å². The number of sulfonamides is 1. The van der Waals surface area contributed by atoms with Crippen LogP contribution < -0.4 is 0 Å². The Balaban J connectivity index is 2.43. The molecule has 0 radical (unpaired) electrons. The fourth-order valence-electron chi connectivity index (χ4n) is 2.44. The van der Waals surface area contributed by atoms with Gasteiger partial charge in [-0.1, -0.05) is 19.8 Å². The third kappa shape index (κ3) is 6.31. The summed E-state index contributed by atoms with van der Waals surface area (Å²) in [7, 11) is -3.28. The fourth-order valence-corrected chi connectivity index (χ4v) is 3.32. The van der Waals surface area contributed by atoms with E-state index in [0.717, 1.165) is 25.7 Å². The average molecular weight is 333 g/mol. The first-order valence-electron chi connectivity index (χ1n) is 7.80. The van der Waals surface area contributed by atoms with Crippen LogP contribution in [0.5, 0.6) is 0 Å². The molecule has 1 aliphatic heterocycles. The molecule has 1 saturated heterocycles. The number of rotatable bonds is 9. The smallest absolute Gasteiger partial charge is 0.224 e. The fraction of sp³-hybridized carbons (Fsp3) is 0.857. The standard InChI is InChI=1S/C14H27N3O4S/c1-3-4-5-7-17(22(2,20)21)8-6-14(19)16-11-9-15(13-18)10-12-16/h13H,3-12H2,1-2H3. The molecule has 1 rings (SSSR count). The normalized spacial score (nSPS) is 16.1. The van der Waals surface area contributed by atoms with Gasteiger partial charge in [-0.25, -0.2) is 12.7 Å². The molecule has 1 heterocycles. The van der Waals surface area contributed by atoms with E-state index < -0.39 is 10.0 Å². The third-order valence-corrected chi connectivity index (χ3v) is 5.17. The van der Waals surface area contributed by atoms with Crippen molar-refractivity contribution in [1.82, 2.24) is 14.1 Å². The van der Waals surface area contributed by atoms with Crippen LogP contribution in [0.2, 0.25) is 0 Å². The van der Waals surface area contributed by atoms with E-state index >= 15 is 0 Å². The summed E-state index contributed by atoms with van der Waals surface area (Å²) in [6, 6.07) is 0. The molecule has 1 fully saturated rings. The maximum Gasteiger partial charge on any atom is 0.224 e. The second kappa shape index (κ2) is 9.09. The van der Waals surface area contributed by atoms with E-state index in [2.05, 4.69) is 6.92 Å². The van der Waals surface area contributed by atoms with Crippen LogP contribution in [0.4, 0.5) is 0 Å². The van der Waals surface area contributed by atoms with Gasteiger partial charge in [-0.3, -0.25) is 9.59 Å². The zero-order valence-corrected chi connectivity index (χ0v) is 14.3. The number of carbonyl (C=O) groups excluding carboxylic acids is 2. The Hall–Kier alpha value is -1.15. The lowest BCUT2D eigenvalue weighted by atomic mass is 10.2. The molecule has 1 aliphatic rings. The van der Waals surface area contributed by atoms with Gasteiger partial charge in [-0.05, 0) is 6.42 Å². The zero-order valence-electron chi connectivity index (χ0n) is 13.5. The van der Waals surface area contributed by atoms with E-state index in [1.165, 1.54) is 10.6 Å². The Bertz CT molecular complexity index is 459. The molecule has 0 atom stereocenters. The number of hydrogen-bond donors (Lipinski definition) is 0. The van der Waals surface area contributed by atoms with Crippen LogP contribution in [0.25, 0.3) is 0 Å². The highest BCUT2D eigenvalue weighted by Gasteiger charge is 2.22. The lowest BCUT2D eigenvalue weighted by Crippen LogP contribution is -2.48. The molecule has 0 aromatic rings.